The molecule has 104 valence electrons. The Hall–Kier alpha value is -1.46. The molecule has 1 aliphatic heterocycles. The van der Waals surface area contributed by atoms with Crippen molar-refractivity contribution in [2.24, 2.45) is 5.73 Å². The Balaban J connectivity index is 2.04. The highest BCUT2D eigenvalue weighted by Gasteiger charge is 2.18. The molecule has 1 heterocycles. The molecule has 1 aromatic rings. The molecule has 5 heteroatoms. The maximum absolute atomic E-state index is 14.2. The van der Waals surface area contributed by atoms with Crippen molar-refractivity contribution in [1.29, 1.82) is 5.41 Å². The average Bonchev–Trinajstić information content (AvgIpc) is 2.41. The number of amidine groups is 1. The number of nitrogens with zero attached hydrogens (tertiary/aromatic N) is 2. The van der Waals surface area contributed by atoms with E-state index in [1.807, 2.05) is 0 Å². The zero-order valence-electron chi connectivity index (χ0n) is 11.3. The molecule has 1 saturated heterocycles. The Bertz CT molecular complexity index is 453. The molecule has 0 saturated carbocycles. The van der Waals surface area contributed by atoms with Crippen molar-refractivity contribution in [3.63, 3.8) is 0 Å². The molecule has 0 amide bonds. The van der Waals surface area contributed by atoms with Gasteiger partial charge in [-0.2, -0.15) is 0 Å². The van der Waals surface area contributed by atoms with Gasteiger partial charge in [-0.3, -0.25) is 10.3 Å². The lowest BCUT2D eigenvalue weighted by atomic mass is 10.1. The van der Waals surface area contributed by atoms with Crippen LogP contribution in [0.1, 0.15) is 18.1 Å². The summed E-state index contributed by atoms with van der Waals surface area (Å²) in [4.78, 5) is 4.63. The third-order valence-electron chi connectivity index (χ3n) is 3.67. The van der Waals surface area contributed by atoms with Crippen molar-refractivity contribution in [2.75, 3.05) is 32.7 Å². The Kier molecular flexibility index (Phi) is 4.50. The molecule has 0 aromatic heterocycles. The van der Waals surface area contributed by atoms with Crippen LogP contribution in [0.2, 0.25) is 0 Å². The molecule has 0 spiro atoms. The fraction of sp³-hybridized carbons (Fsp3) is 0.500. The monoisotopic (exact) mass is 264 g/mol. The quantitative estimate of drug-likeness (QED) is 0.635. The van der Waals surface area contributed by atoms with Crippen LogP contribution in [0.4, 0.5) is 4.39 Å². The van der Waals surface area contributed by atoms with Crippen LogP contribution in [-0.4, -0.2) is 48.4 Å². The summed E-state index contributed by atoms with van der Waals surface area (Å²) in [5, 5.41) is 7.36. The van der Waals surface area contributed by atoms with E-state index in [-0.39, 0.29) is 17.2 Å². The highest BCUT2D eigenvalue weighted by molar-refractivity contribution is 5.95. The Morgan fingerprint density at radius 1 is 1.26 bits per heavy atom. The normalized spacial score (nSPS) is 17.6. The number of nitrogens with two attached hydrogens (primary N) is 1. The van der Waals surface area contributed by atoms with E-state index in [1.165, 1.54) is 0 Å². The summed E-state index contributed by atoms with van der Waals surface area (Å²) in [5.41, 5.74) is 6.20. The second-order valence-corrected chi connectivity index (χ2v) is 4.90. The number of halogens is 1. The van der Waals surface area contributed by atoms with Crippen molar-refractivity contribution in [3.05, 3.63) is 35.1 Å². The molecule has 0 radical (unpaired) electrons. The van der Waals surface area contributed by atoms with Gasteiger partial charge in [-0.1, -0.05) is 19.1 Å². The van der Waals surface area contributed by atoms with Gasteiger partial charge in [0.2, 0.25) is 0 Å². The van der Waals surface area contributed by atoms with Gasteiger partial charge in [0, 0.05) is 38.3 Å². The second kappa shape index (κ2) is 6.12. The van der Waals surface area contributed by atoms with Gasteiger partial charge in [0.1, 0.15) is 11.7 Å². The molecular weight excluding hydrogens is 243 g/mol. The van der Waals surface area contributed by atoms with Crippen molar-refractivity contribution in [3.8, 4) is 0 Å². The first-order valence-electron chi connectivity index (χ1n) is 6.68. The van der Waals surface area contributed by atoms with Gasteiger partial charge in [0.15, 0.2) is 0 Å². The molecule has 2 rings (SSSR count). The molecule has 1 aromatic carbocycles. The molecule has 0 unspecified atom stereocenters. The van der Waals surface area contributed by atoms with Gasteiger partial charge in [-0.05, 0) is 12.6 Å². The van der Waals surface area contributed by atoms with Crippen LogP contribution in [0, 0.1) is 11.2 Å². The molecule has 1 aliphatic rings. The first-order valence-corrected chi connectivity index (χ1v) is 6.68. The number of hydrogen-bond acceptors (Lipinski definition) is 3. The lowest BCUT2D eigenvalue weighted by molar-refractivity contribution is 0.131. The lowest BCUT2D eigenvalue weighted by Gasteiger charge is -2.34. The standard InChI is InChI=1S/C14H21FN4/c1-2-18-6-8-19(9-7-18)10-11-4-3-5-12(13(11)15)14(16)17/h3-5H,2,6-10H2,1H3,(H3,16,17). The van der Waals surface area contributed by atoms with E-state index < -0.39 is 0 Å². The van der Waals surface area contributed by atoms with E-state index in [0.29, 0.717) is 12.1 Å². The van der Waals surface area contributed by atoms with Crippen LogP contribution in [0.25, 0.3) is 0 Å². The SMILES string of the molecule is CCN1CCN(Cc2cccc(C(=N)N)c2F)CC1. The van der Waals surface area contributed by atoms with Crippen LogP contribution in [0.5, 0.6) is 0 Å². The van der Waals surface area contributed by atoms with Crippen molar-refractivity contribution in [1.82, 2.24) is 9.80 Å². The van der Waals surface area contributed by atoms with Crippen molar-refractivity contribution in [2.45, 2.75) is 13.5 Å². The van der Waals surface area contributed by atoms with Gasteiger partial charge in [-0.25, -0.2) is 4.39 Å². The lowest BCUT2D eigenvalue weighted by Crippen LogP contribution is -2.45. The minimum Gasteiger partial charge on any atom is -0.384 e. The Morgan fingerprint density at radius 3 is 2.47 bits per heavy atom. The molecule has 0 bridgehead atoms. The van der Waals surface area contributed by atoms with Gasteiger partial charge in [-0.15, -0.1) is 0 Å². The maximum Gasteiger partial charge on any atom is 0.138 e. The molecule has 0 aliphatic carbocycles. The number of nitrogen functional groups attached to an aromatic ring is 1. The fourth-order valence-electron chi connectivity index (χ4n) is 2.41. The number of hydrogen-bond donors (Lipinski definition) is 2. The molecular formula is C14H21FN4. The van der Waals surface area contributed by atoms with E-state index in [9.17, 15) is 4.39 Å². The Labute approximate surface area is 113 Å². The number of nitrogens with one attached hydrogen (secondary N) is 1. The topological polar surface area (TPSA) is 56.4 Å². The highest BCUT2D eigenvalue weighted by atomic mass is 19.1. The predicted octanol–water partition coefficient (Wildman–Crippen LogP) is 1.25. The average molecular weight is 264 g/mol. The summed E-state index contributed by atoms with van der Waals surface area (Å²) in [5.74, 6) is -0.567. The van der Waals surface area contributed by atoms with Gasteiger partial charge in [0.25, 0.3) is 0 Å². The van der Waals surface area contributed by atoms with Gasteiger partial charge >= 0.3 is 0 Å². The molecule has 3 N–H and O–H groups in total. The zero-order chi connectivity index (χ0) is 13.8. The highest BCUT2D eigenvalue weighted by Crippen LogP contribution is 2.15. The van der Waals surface area contributed by atoms with Gasteiger partial charge in [0.05, 0.1) is 5.56 Å². The summed E-state index contributed by atoms with van der Waals surface area (Å²) < 4.78 is 14.2. The van der Waals surface area contributed by atoms with E-state index in [0.717, 1.165) is 32.7 Å². The maximum atomic E-state index is 14.2. The zero-order valence-corrected chi connectivity index (χ0v) is 11.3. The molecule has 0 atom stereocenters. The minimum absolute atomic E-state index is 0.199. The fourth-order valence-corrected chi connectivity index (χ4v) is 2.41. The summed E-state index contributed by atoms with van der Waals surface area (Å²) in [6.45, 7) is 7.79. The number of likely N-dealkylation sites (N-methyl/N-ethyl adjacent to an activating group) is 1. The molecule has 1 fully saturated rings. The first kappa shape index (κ1) is 14.0. The smallest absolute Gasteiger partial charge is 0.138 e. The summed E-state index contributed by atoms with van der Waals surface area (Å²) in [6.07, 6.45) is 0. The van der Waals surface area contributed by atoms with Gasteiger partial charge < -0.3 is 10.6 Å². The number of piperazine rings is 1. The first-order chi connectivity index (χ1) is 9.11. The van der Waals surface area contributed by atoms with E-state index in [2.05, 4.69) is 16.7 Å². The second-order valence-electron chi connectivity index (χ2n) is 4.90. The summed E-state index contributed by atoms with van der Waals surface area (Å²) >= 11 is 0. The third kappa shape index (κ3) is 3.30. The van der Waals surface area contributed by atoms with Crippen LogP contribution >= 0.6 is 0 Å². The minimum atomic E-state index is -0.354. The van der Waals surface area contributed by atoms with Crippen molar-refractivity contribution < 1.29 is 4.39 Å². The summed E-state index contributed by atoms with van der Waals surface area (Å²) in [7, 11) is 0. The summed E-state index contributed by atoms with van der Waals surface area (Å²) in [6, 6.07) is 5.08. The van der Waals surface area contributed by atoms with Crippen molar-refractivity contribution >= 4 is 5.84 Å². The van der Waals surface area contributed by atoms with Crippen LogP contribution in [-0.2, 0) is 6.54 Å². The largest absolute Gasteiger partial charge is 0.384 e. The number of rotatable bonds is 4. The van der Waals surface area contributed by atoms with Crippen LogP contribution in [0.15, 0.2) is 18.2 Å². The van der Waals surface area contributed by atoms with Crippen LogP contribution in [0.3, 0.4) is 0 Å². The van der Waals surface area contributed by atoms with E-state index in [4.69, 9.17) is 11.1 Å². The predicted molar refractivity (Wildman–Crippen MR) is 74.8 cm³/mol. The van der Waals surface area contributed by atoms with E-state index >= 15 is 0 Å². The van der Waals surface area contributed by atoms with E-state index in [1.54, 1.807) is 18.2 Å². The molecule has 19 heavy (non-hydrogen) atoms. The molecule has 4 nitrogen and oxygen atoms in total. The number of benzene rings is 1. The Morgan fingerprint density at radius 2 is 1.89 bits per heavy atom. The van der Waals surface area contributed by atoms with Crippen LogP contribution < -0.4 is 5.73 Å². The third-order valence-corrected chi connectivity index (χ3v) is 3.67.